The summed E-state index contributed by atoms with van der Waals surface area (Å²) in [5.74, 6) is -0.118. The second-order valence-electron chi connectivity index (χ2n) is 5.63. The number of carbonyl (C=O) groups is 1. The van der Waals surface area contributed by atoms with Gasteiger partial charge in [0.15, 0.2) is 0 Å². The van der Waals surface area contributed by atoms with E-state index >= 15 is 0 Å². The van der Waals surface area contributed by atoms with Crippen LogP contribution in [0.4, 0.5) is 0 Å². The molecule has 0 aliphatic carbocycles. The Labute approximate surface area is 135 Å². The third-order valence-electron chi connectivity index (χ3n) is 3.91. The van der Waals surface area contributed by atoms with Gasteiger partial charge < -0.3 is 15.5 Å². The van der Waals surface area contributed by atoms with E-state index < -0.39 is 0 Å². The molecule has 0 aliphatic heterocycles. The van der Waals surface area contributed by atoms with Crippen molar-refractivity contribution in [1.82, 2.24) is 5.32 Å². The Morgan fingerprint density at radius 1 is 1.09 bits per heavy atom. The molecule has 3 N–H and O–H groups in total. The molecule has 1 heterocycles. The minimum absolute atomic E-state index is 0.0669. The Morgan fingerprint density at radius 3 is 2.74 bits per heavy atom. The van der Waals surface area contributed by atoms with Crippen LogP contribution in [0.25, 0.3) is 11.0 Å². The highest BCUT2D eigenvalue weighted by atomic mass is 16.3. The Kier molecular flexibility index (Phi) is 4.74. The van der Waals surface area contributed by atoms with Gasteiger partial charge in [0.1, 0.15) is 5.58 Å². The third-order valence-corrected chi connectivity index (χ3v) is 3.91. The zero-order valence-electron chi connectivity index (χ0n) is 12.9. The van der Waals surface area contributed by atoms with E-state index in [0.29, 0.717) is 17.7 Å². The molecule has 1 atom stereocenters. The number of hydrogen-bond acceptors (Lipinski definition) is 3. The molecule has 4 heteroatoms. The number of rotatable bonds is 6. The Bertz CT molecular complexity index is 780. The highest BCUT2D eigenvalue weighted by molar-refractivity contribution is 6.05. The predicted octanol–water partition coefficient (Wildman–Crippen LogP) is 3.12. The average Bonchev–Trinajstić information content (AvgIpc) is 3.07. The highest BCUT2D eigenvalue weighted by Gasteiger charge is 2.12. The van der Waals surface area contributed by atoms with Crippen LogP contribution in [-0.4, -0.2) is 18.5 Å². The van der Waals surface area contributed by atoms with Crippen LogP contribution in [0, 0.1) is 0 Å². The van der Waals surface area contributed by atoms with Crippen molar-refractivity contribution in [3.63, 3.8) is 0 Å². The number of aryl methyl sites for hydroxylation is 1. The number of amides is 1. The molecular weight excluding hydrogens is 288 g/mol. The van der Waals surface area contributed by atoms with Gasteiger partial charge in [-0.3, -0.25) is 4.79 Å². The normalized spacial score (nSPS) is 12.2. The molecule has 118 valence electrons. The summed E-state index contributed by atoms with van der Waals surface area (Å²) in [7, 11) is 0. The summed E-state index contributed by atoms with van der Waals surface area (Å²) >= 11 is 0. The molecule has 0 spiro atoms. The van der Waals surface area contributed by atoms with E-state index in [9.17, 15) is 4.79 Å². The maximum absolute atomic E-state index is 12.3. The zero-order chi connectivity index (χ0) is 16.1. The first-order valence-corrected chi connectivity index (χ1v) is 7.78. The molecule has 1 unspecified atom stereocenters. The van der Waals surface area contributed by atoms with Gasteiger partial charge in [-0.25, -0.2) is 0 Å². The summed E-state index contributed by atoms with van der Waals surface area (Å²) in [6.07, 6.45) is 3.34. The van der Waals surface area contributed by atoms with Gasteiger partial charge >= 0.3 is 0 Å². The Hall–Kier alpha value is -2.59. The molecule has 0 fully saturated rings. The summed E-state index contributed by atoms with van der Waals surface area (Å²) < 4.78 is 5.32. The maximum atomic E-state index is 12.3. The number of fused-ring (bicyclic) bond motifs is 1. The molecule has 3 aromatic rings. The van der Waals surface area contributed by atoms with Gasteiger partial charge in [0.05, 0.1) is 11.8 Å². The number of nitrogens with two attached hydrogens (primary N) is 1. The largest absolute Gasteiger partial charge is 0.464 e. The summed E-state index contributed by atoms with van der Waals surface area (Å²) in [6, 6.07) is 17.4. The van der Waals surface area contributed by atoms with E-state index in [0.717, 1.165) is 18.2 Å². The molecule has 1 aromatic heterocycles. The lowest BCUT2D eigenvalue weighted by atomic mass is 10.1. The summed E-state index contributed by atoms with van der Waals surface area (Å²) in [5, 5.41) is 3.73. The highest BCUT2D eigenvalue weighted by Crippen LogP contribution is 2.19. The average molecular weight is 308 g/mol. The van der Waals surface area contributed by atoms with E-state index in [2.05, 4.69) is 17.4 Å². The van der Waals surface area contributed by atoms with Crippen molar-refractivity contribution in [2.24, 2.45) is 5.73 Å². The predicted molar refractivity (Wildman–Crippen MR) is 91.3 cm³/mol. The molecule has 3 rings (SSSR count). The van der Waals surface area contributed by atoms with Gasteiger partial charge in [-0.1, -0.05) is 36.4 Å². The Morgan fingerprint density at radius 2 is 1.91 bits per heavy atom. The lowest BCUT2D eigenvalue weighted by Crippen LogP contribution is -2.37. The standard InChI is InChI=1S/C19H20N2O2/c20-15(10-9-14-5-2-1-3-6-14)13-21-19(22)17-7-4-8-18-16(17)11-12-23-18/h1-8,11-12,15H,9-10,13,20H2,(H,21,22). The molecule has 0 bridgehead atoms. The monoisotopic (exact) mass is 308 g/mol. The van der Waals surface area contributed by atoms with Gasteiger partial charge in [-0.05, 0) is 36.6 Å². The first-order chi connectivity index (χ1) is 11.2. The fourth-order valence-corrected chi connectivity index (χ4v) is 2.61. The van der Waals surface area contributed by atoms with Crippen LogP contribution in [0.15, 0.2) is 65.3 Å². The second kappa shape index (κ2) is 7.11. The lowest BCUT2D eigenvalue weighted by molar-refractivity contribution is 0.0952. The van der Waals surface area contributed by atoms with Gasteiger partial charge in [-0.15, -0.1) is 0 Å². The van der Waals surface area contributed by atoms with Crippen molar-refractivity contribution < 1.29 is 9.21 Å². The fourth-order valence-electron chi connectivity index (χ4n) is 2.61. The first-order valence-electron chi connectivity index (χ1n) is 7.78. The van der Waals surface area contributed by atoms with Crippen LogP contribution in [0.3, 0.4) is 0 Å². The minimum Gasteiger partial charge on any atom is -0.464 e. The molecular formula is C19H20N2O2. The van der Waals surface area contributed by atoms with Crippen molar-refractivity contribution in [3.05, 3.63) is 72.0 Å². The van der Waals surface area contributed by atoms with Gasteiger partial charge in [-0.2, -0.15) is 0 Å². The zero-order valence-corrected chi connectivity index (χ0v) is 12.9. The van der Waals surface area contributed by atoms with Crippen LogP contribution < -0.4 is 11.1 Å². The molecule has 4 nitrogen and oxygen atoms in total. The second-order valence-corrected chi connectivity index (χ2v) is 5.63. The SMILES string of the molecule is NC(CCc1ccccc1)CNC(=O)c1cccc2occc12. The van der Waals surface area contributed by atoms with E-state index in [4.69, 9.17) is 10.2 Å². The van der Waals surface area contributed by atoms with Gasteiger partial charge in [0, 0.05) is 18.0 Å². The number of carbonyl (C=O) groups excluding carboxylic acids is 1. The van der Waals surface area contributed by atoms with E-state index in [1.807, 2.05) is 30.3 Å². The van der Waals surface area contributed by atoms with Gasteiger partial charge in [0.25, 0.3) is 5.91 Å². The molecule has 23 heavy (non-hydrogen) atoms. The van der Waals surface area contributed by atoms with Crippen molar-refractivity contribution >= 4 is 16.9 Å². The maximum Gasteiger partial charge on any atom is 0.252 e. The molecule has 0 aliphatic rings. The lowest BCUT2D eigenvalue weighted by Gasteiger charge is -2.13. The fraction of sp³-hybridized carbons (Fsp3) is 0.211. The Balaban J connectivity index is 1.53. The van der Waals surface area contributed by atoms with Crippen molar-refractivity contribution in [1.29, 1.82) is 0 Å². The summed E-state index contributed by atoms with van der Waals surface area (Å²) in [5.41, 5.74) is 8.70. The van der Waals surface area contributed by atoms with Crippen molar-refractivity contribution in [2.45, 2.75) is 18.9 Å². The minimum atomic E-state index is -0.118. The number of nitrogens with one attached hydrogen (secondary N) is 1. The summed E-state index contributed by atoms with van der Waals surface area (Å²) in [4.78, 5) is 12.3. The molecule has 0 saturated carbocycles. The van der Waals surface area contributed by atoms with Crippen molar-refractivity contribution in [3.8, 4) is 0 Å². The summed E-state index contributed by atoms with van der Waals surface area (Å²) in [6.45, 7) is 0.458. The molecule has 1 amide bonds. The molecule has 0 saturated heterocycles. The quantitative estimate of drug-likeness (QED) is 0.735. The van der Waals surface area contributed by atoms with Crippen LogP contribution in [0.1, 0.15) is 22.3 Å². The van der Waals surface area contributed by atoms with E-state index in [1.54, 1.807) is 18.4 Å². The molecule has 0 radical (unpaired) electrons. The van der Waals surface area contributed by atoms with Crippen LogP contribution in [-0.2, 0) is 6.42 Å². The van der Waals surface area contributed by atoms with Crippen LogP contribution >= 0.6 is 0 Å². The van der Waals surface area contributed by atoms with Crippen LogP contribution in [0.5, 0.6) is 0 Å². The van der Waals surface area contributed by atoms with Crippen molar-refractivity contribution in [2.75, 3.05) is 6.54 Å². The number of furan rings is 1. The van der Waals surface area contributed by atoms with Crippen LogP contribution in [0.2, 0.25) is 0 Å². The third kappa shape index (κ3) is 3.79. The number of hydrogen-bond donors (Lipinski definition) is 2. The van der Waals surface area contributed by atoms with E-state index in [-0.39, 0.29) is 11.9 Å². The number of benzene rings is 2. The van der Waals surface area contributed by atoms with E-state index in [1.165, 1.54) is 5.56 Å². The topological polar surface area (TPSA) is 68.3 Å². The van der Waals surface area contributed by atoms with Gasteiger partial charge in [0.2, 0.25) is 0 Å². The smallest absolute Gasteiger partial charge is 0.252 e. The first kappa shape index (κ1) is 15.3. The molecule has 2 aromatic carbocycles.